The largest absolute Gasteiger partial charge is 0.508 e. The zero-order valence-electron chi connectivity index (χ0n) is 13.2. The van der Waals surface area contributed by atoms with Crippen LogP contribution in [0.1, 0.15) is 10.4 Å². The van der Waals surface area contributed by atoms with Crippen molar-refractivity contribution < 1.29 is 24.2 Å². The molecule has 0 atom stereocenters. The smallest absolute Gasteiger partial charge is 0.338 e. The van der Waals surface area contributed by atoms with Gasteiger partial charge in [-0.15, -0.1) is 0 Å². The SMILES string of the molecule is COc1ccc2nc(NC(=O)COC(=O)c3ccc(O)cc3)sc2c1. The molecule has 3 rings (SSSR count). The third-order valence-electron chi connectivity index (χ3n) is 3.28. The number of nitrogens with one attached hydrogen (secondary N) is 1. The number of methoxy groups -OCH3 is 1. The van der Waals surface area contributed by atoms with Crippen molar-refractivity contribution in [3.63, 3.8) is 0 Å². The first-order valence-corrected chi connectivity index (χ1v) is 8.07. The monoisotopic (exact) mass is 358 g/mol. The van der Waals surface area contributed by atoms with Crippen LogP contribution >= 0.6 is 11.3 Å². The number of hydrogen-bond donors (Lipinski definition) is 2. The van der Waals surface area contributed by atoms with Gasteiger partial charge in [-0.3, -0.25) is 10.1 Å². The molecule has 0 unspecified atom stereocenters. The molecular formula is C17H14N2O5S. The maximum absolute atomic E-state index is 11.9. The lowest BCUT2D eigenvalue weighted by molar-refractivity contribution is -0.119. The quantitative estimate of drug-likeness (QED) is 0.681. The summed E-state index contributed by atoms with van der Waals surface area (Å²) < 4.78 is 11.0. The summed E-state index contributed by atoms with van der Waals surface area (Å²) in [5, 5.41) is 12.2. The Morgan fingerprint density at radius 2 is 1.96 bits per heavy atom. The van der Waals surface area contributed by atoms with E-state index in [9.17, 15) is 14.7 Å². The summed E-state index contributed by atoms with van der Waals surface area (Å²) in [5.74, 6) is -0.388. The van der Waals surface area contributed by atoms with Crippen molar-refractivity contribution in [2.45, 2.75) is 0 Å². The molecule has 1 aromatic heterocycles. The molecule has 7 nitrogen and oxygen atoms in total. The first-order chi connectivity index (χ1) is 12.0. The van der Waals surface area contributed by atoms with Crippen LogP contribution in [0.4, 0.5) is 5.13 Å². The lowest BCUT2D eigenvalue weighted by Gasteiger charge is -2.04. The normalized spacial score (nSPS) is 10.4. The summed E-state index contributed by atoms with van der Waals surface area (Å²) in [4.78, 5) is 28.0. The van der Waals surface area contributed by atoms with E-state index in [2.05, 4.69) is 10.3 Å². The van der Waals surface area contributed by atoms with Crippen LogP contribution < -0.4 is 10.1 Å². The van der Waals surface area contributed by atoms with E-state index >= 15 is 0 Å². The minimum Gasteiger partial charge on any atom is -0.508 e. The number of phenols is 1. The summed E-state index contributed by atoms with van der Waals surface area (Å²) in [6.45, 7) is -0.432. The van der Waals surface area contributed by atoms with E-state index in [4.69, 9.17) is 9.47 Å². The number of amides is 1. The maximum Gasteiger partial charge on any atom is 0.338 e. The molecule has 1 amide bonds. The second-order valence-corrected chi connectivity index (χ2v) is 6.05. The van der Waals surface area contributed by atoms with Crippen molar-refractivity contribution in [2.24, 2.45) is 0 Å². The van der Waals surface area contributed by atoms with E-state index in [1.807, 2.05) is 6.07 Å². The Morgan fingerprint density at radius 1 is 1.20 bits per heavy atom. The van der Waals surface area contributed by atoms with Crippen LogP contribution in [0.2, 0.25) is 0 Å². The van der Waals surface area contributed by atoms with Gasteiger partial charge in [0.15, 0.2) is 11.7 Å². The molecule has 0 saturated carbocycles. The average Bonchev–Trinajstić information content (AvgIpc) is 3.01. The number of nitrogens with zero attached hydrogens (tertiary/aromatic N) is 1. The van der Waals surface area contributed by atoms with Crippen LogP contribution in [0.5, 0.6) is 11.5 Å². The summed E-state index contributed by atoms with van der Waals surface area (Å²) >= 11 is 1.30. The first kappa shape index (κ1) is 16.7. The van der Waals surface area contributed by atoms with Crippen molar-refractivity contribution in [3.05, 3.63) is 48.0 Å². The van der Waals surface area contributed by atoms with Gasteiger partial charge in [0.2, 0.25) is 0 Å². The molecule has 8 heteroatoms. The van der Waals surface area contributed by atoms with Gasteiger partial charge >= 0.3 is 5.97 Å². The third kappa shape index (κ3) is 4.04. The third-order valence-corrected chi connectivity index (χ3v) is 4.21. The molecule has 2 aromatic carbocycles. The van der Waals surface area contributed by atoms with Gasteiger partial charge < -0.3 is 14.6 Å². The van der Waals surface area contributed by atoms with Crippen molar-refractivity contribution in [2.75, 3.05) is 19.0 Å². The van der Waals surface area contributed by atoms with Crippen LogP contribution in [-0.2, 0) is 9.53 Å². The van der Waals surface area contributed by atoms with E-state index in [0.29, 0.717) is 10.9 Å². The van der Waals surface area contributed by atoms with Crippen molar-refractivity contribution in [3.8, 4) is 11.5 Å². The van der Waals surface area contributed by atoms with Gasteiger partial charge in [0.05, 0.1) is 22.9 Å². The van der Waals surface area contributed by atoms with E-state index < -0.39 is 18.5 Å². The first-order valence-electron chi connectivity index (χ1n) is 7.26. The Morgan fingerprint density at radius 3 is 2.68 bits per heavy atom. The molecule has 25 heavy (non-hydrogen) atoms. The number of ether oxygens (including phenoxy) is 2. The van der Waals surface area contributed by atoms with Crippen LogP contribution in [0.25, 0.3) is 10.2 Å². The van der Waals surface area contributed by atoms with E-state index in [1.165, 1.54) is 35.6 Å². The highest BCUT2D eigenvalue weighted by Crippen LogP contribution is 2.29. The Hall–Kier alpha value is -3.13. The highest BCUT2D eigenvalue weighted by atomic mass is 32.1. The second kappa shape index (κ2) is 7.18. The van der Waals surface area contributed by atoms with Crippen molar-refractivity contribution in [1.29, 1.82) is 0 Å². The Labute approximate surface area is 146 Å². The standard InChI is InChI=1S/C17H14N2O5S/c1-23-12-6-7-13-14(8-12)25-17(18-13)19-15(21)9-24-16(22)10-2-4-11(20)5-3-10/h2-8,20H,9H2,1H3,(H,18,19,21). The number of esters is 1. The second-order valence-electron chi connectivity index (χ2n) is 5.02. The average molecular weight is 358 g/mol. The fourth-order valence-electron chi connectivity index (χ4n) is 2.05. The zero-order valence-corrected chi connectivity index (χ0v) is 14.0. The summed E-state index contributed by atoms with van der Waals surface area (Å²) in [5.41, 5.74) is 0.986. The maximum atomic E-state index is 11.9. The minimum atomic E-state index is -0.649. The van der Waals surface area contributed by atoms with E-state index in [-0.39, 0.29) is 11.3 Å². The number of benzene rings is 2. The van der Waals surface area contributed by atoms with Gasteiger partial charge in [-0.05, 0) is 42.5 Å². The molecule has 0 aliphatic rings. The fourth-order valence-corrected chi connectivity index (χ4v) is 2.96. The number of rotatable bonds is 5. The van der Waals surface area contributed by atoms with Gasteiger partial charge in [0, 0.05) is 0 Å². The number of hydrogen-bond acceptors (Lipinski definition) is 7. The topological polar surface area (TPSA) is 97.8 Å². The molecule has 3 aromatic rings. The lowest BCUT2D eigenvalue weighted by atomic mass is 10.2. The minimum absolute atomic E-state index is 0.0433. The van der Waals surface area contributed by atoms with Crippen LogP contribution in [0.3, 0.4) is 0 Å². The number of fused-ring (bicyclic) bond motifs is 1. The van der Waals surface area contributed by atoms with Crippen LogP contribution in [0.15, 0.2) is 42.5 Å². The molecule has 128 valence electrons. The van der Waals surface area contributed by atoms with Crippen molar-refractivity contribution >= 4 is 38.6 Å². The zero-order chi connectivity index (χ0) is 17.8. The van der Waals surface area contributed by atoms with Gasteiger partial charge in [-0.25, -0.2) is 9.78 Å². The number of aromatic nitrogens is 1. The molecule has 1 heterocycles. The van der Waals surface area contributed by atoms with Gasteiger partial charge in [0.1, 0.15) is 11.5 Å². The Bertz CT molecular complexity index is 920. The van der Waals surface area contributed by atoms with Gasteiger partial charge in [-0.1, -0.05) is 11.3 Å². The fraction of sp³-hybridized carbons (Fsp3) is 0.118. The van der Waals surface area contributed by atoms with Gasteiger partial charge in [-0.2, -0.15) is 0 Å². The molecule has 0 aliphatic heterocycles. The highest BCUT2D eigenvalue weighted by Gasteiger charge is 2.12. The summed E-state index contributed by atoms with van der Waals surface area (Å²) in [6.07, 6.45) is 0. The molecule has 0 bridgehead atoms. The summed E-state index contributed by atoms with van der Waals surface area (Å²) in [7, 11) is 1.58. The predicted molar refractivity (Wildman–Crippen MR) is 93.2 cm³/mol. The molecular weight excluding hydrogens is 344 g/mol. The number of carbonyl (C=O) groups is 2. The molecule has 0 radical (unpaired) electrons. The van der Waals surface area contributed by atoms with Crippen LogP contribution in [-0.4, -0.2) is 35.7 Å². The Balaban J connectivity index is 1.58. The lowest BCUT2D eigenvalue weighted by Crippen LogP contribution is -2.20. The van der Waals surface area contributed by atoms with E-state index in [0.717, 1.165) is 10.2 Å². The number of aromatic hydroxyl groups is 1. The molecule has 0 saturated heterocycles. The predicted octanol–water partition coefficient (Wildman–Crippen LogP) is 2.81. The number of carbonyl (C=O) groups excluding carboxylic acids is 2. The molecule has 0 fully saturated rings. The number of thiazole rings is 1. The molecule has 2 N–H and O–H groups in total. The van der Waals surface area contributed by atoms with Crippen LogP contribution in [0, 0.1) is 0 Å². The number of anilines is 1. The molecule has 0 spiro atoms. The van der Waals surface area contributed by atoms with Crippen molar-refractivity contribution in [1.82, 2.24) is 4.98 Å². The number of phenolic OH excluding ortho intramolecular Hbond substituents is 1. The molecule has 0 aliphatic carbocycles. The highest BCUT2D eigenvalue weighted by molar-refractivity contribution is 7.22. The van der Waals surface area contributed by atoms with E-state index in [1.54, 1.807) is 19.2 Å². The van der Waals surface area contributed by atoms with Gasteiger partial charge in [0.25, 0.3) is 5.91 Å². The Kier molecular flexibility index (Phi) is 4.80. The summed E-state index contributed by atoms with van der Waals surface area (Å²) in [6, 6.07) is 11.0.